The van der Waals surface area contributed by atoms with E-state index in [1.165, 1.54) is 127 Å². The molecule has 9 amide bonds. The SMILES string of the molecule is C/C=C(\C=C(/C)C(=O)NC(CCCCN)C(=O)Nc1ccc(OC)c(C(=O)N[C@@H](CCCCN)C(=O)Nc2ccc(OC)c(C(=O)N[C@@H](CCCCN)C(=O)Nc3ccc(OC)c(C(=O)N[C@@H](CCCCN)C(=O)Nc4ccc(OC)c(C(N)=O)c4)c3)c2)c1)C(=O)O. The van der Waals surface area contributed by atoms with Crippen molar-refractivity contribution in [3.8, 4) is 23.0 Å². The molecule has 4 atom stereocenters. The minimum atomic E-state index is -1.24. The lowest BCUT2D eigenvalue weighted by Crippen LogP contribution is -2.45. The van der Waals surface area contributed by atoms with Crippen LogP contribution in [-0.2, 0) is 28.8 Å². The Balaban J connectivity index is 1.57. The number of rotatable bonds is 39. The van der Waals surface area contributed by atoms with Gasteiger partial charge in [0.05, 0.1) is 56.3 Å². The minimum Gasteiger partial charge on any atom is -0.496 e. The van der Waals surface area contributed by atoms with Crippen molar-refractivity contribution in [2.45, 2.75) is 115 Å². The van der Waals surface area contributed by atoms with E-state index in [1.54, 1.807) is 0 Å². The molecule has 0 heterocycles. The van der Waals surface area contributed by atoms with Crippen molar-refractivity contribution in [1.82, 2.24) is 21.3 Å². The lowest BCUT2D eigenvalue weighted by atomic mass is 10.0. The van der Waals surface area contributed by atoms with Gasteiger partial charge in [-0.15, -0.1) is 0 Å². The summed E-state index contributed by atoms with van der Waals surface area (Å²) in [4.78, 5) is 136. The number of methoxy groups -OCH3 is 4. The molecule has 0 aromatic heterocycles. The van der Waals surface area contributed by atoms with Crippen LogP contribution < -0.4 is 90.2 Å². The van der Waals surface area contributed by atoms with Crippen LogP contribution in [0.5, 0.6) is 23.0 Å². The van der Waals surface area contributed by atoms with E-state index in [4.69, 9.17) is 47.6 Å². The van der Waals surface area contributed by atoms with Crippen LogP contribution in [0.2, 0.25) is 0 Å². The molecule has 0 fully saturated rings. The Kier molecular flexibility index (Phi) is 31.3. The van der Waals surface area contributed by atoms with E-state index in [2.05, 4.69) is 42.5 Å². The molecule has 4 aromatic carbocycles. The molecule has 0 bridgehead atoms. The summed E-state index contributed by atoms with van der Waals surface area (Å²) in [5.74, 6) is -7.15. The summed E-state index contributed by atoms with van der Waals surface area (Å²) in [6, 6.07) is 12.5. The second-order valence-corrected chi connectivity index (χ2v) is 21.1. The van der Waals surface area contributed by atoms with E-state index < -0.39 is 83.3 Å². The number of carbonyl (C=O) groups is 10. The van der Waals surface area contributed by atoms with Crippen LogP contribution in [0.1, 0.15) is 132 Å². The van der Waals surface area contributed by atoms with Crippen LogP contribution in [0, 0.1) is 0 Å². The van der Waals surface area contributed by atoms with E-state index in [0.29, 0.717) is 64.5 Å². The third-order valence-electron chi connectivity index (χ3n) is 14.4. The summed E-state index contributed by atoms with van der Waals surface area (Å²) in [6.07, 6.45) is 6.87. The van der Waals surface area contributed by atoms with Crippen LogP contribution in [0.25, 0.3) is 0 Å². The number of primary amides is 1. The van der Waals surface area contributed by atoms with Crippen LogP contribution in [0.3, 0.4) is 0 Å². The first-order valence-electron chi connectivity index (χ1n) is 30.0. The number of unbranched alkanes of at least 4 members (excludes halogenated alkanes) is 4. The second kappa shape index (κ2) is 38.6. The van der Waals surface area contributed by atoms with E-state index in [9.17, 15) is 53.1 Å². The van der Waals surface area contributed by atoms with Gasteiger partial charge in [-0.1, -0.05) is 6.08 Å². The van der Waals surface area contributed by atoms with Crippen LogP contribution in [-0.4, -0.2) is 143 Å². The highest BCUT2D eigenvalue weighted by Gasteiger charge is 2.30. The summed E-state index contributed by atoms with van der Waals surface area (Å²) in [6.45, 7) is 4.16. The number of nitrogens with two attached hydrogens (primary N) is 5. The first-order valence-corrected chi connectivity index (χ1v) is 30.0. The third-order valence-corrected chi connectivity index (χ3v) is 14.4. The molecule has 4 rings (SSSR count). The number of nitrogens with one attached hydrogen (secondary N) is 8. The molecule has 0 aliphatic heterocycles. The minimum absolute atomic E-state index is 0.0230. The molecule has 28 heteroatoms. The molecule has 4 aromatic rings. The van der Waals surface area contributed by atoms with Crippen molar-refractivity contribution in [3.63, 3.8) is 0 Å². The zero-order chi connectivity index (χ0) is 67.9. The Hall–Kier alpha value is -9.90. The van der Waals surface area contributed by atoms with Gasteiger partial charge in [-0.25, -0.2) is 4.79 Å². The number of aliphatic carboxylic acids is 1. The Morgan fingerprint density at radius 1 is 0.435 bits per heavy atom. The molecular formula is C64H87N13O15. The lowest BCUT2D eigenvalue weighted by Gasteiger charge is -2.22. The fraction of sp³-hybridized carbons (Fsp3) is 0.406. The third kappa shape index (κ3) is 22.8. The van der Waals surface area contributed by atoms with E-state index >= 15 is 0 Å². The summed E-state index contributed by atoms with van der Waals surface area (Å²) in [5.41, 5.74) is 28.9. The Labute approximate surface area is 534 Å². The largest absolute Gasteiger partial charge is 0.496 e. The lowest BCUT2D eigenvalue weighted by molar-refractivity contribution is -0.132. The van der Waals surface area contributed by atoms with Gasteiger partial charge in [-0.2, -0.15) is 0 Å². The van der Waals surface area contributed by atoms with Crippen molar-refractivity contribution < 1.29 is 72.0 Å². The fourth-order valence-electron chi connectivity index (χ4n) is 9.38. The predicted octanol–water partition coefficient (Wildman–Crippen LogP) is 3.95. The summed E-state index contributed by atoms with van der Waals surface area (Å²) >= 11 is 0. The molecule has 1 unspecified atom stereocenters. The van der Waals surface area contributed by atoms with Crippen LogP contribution >= 0.6 is 0 Å². The highest BCUT2D eigenvalue weighted by molar-refractivity contribution is 6.08. The maximum absolute atomic E-state index is 14.3. The molecule has 92 heavy (non-hydrogen) atoms. The van der Waals surface area contributed by atoms with Gasteiger partial charge in [0.15, 0.2) is 0 Å². The molecule has 0 saturated heterocycles. The number of carboxylic acids is 1. The number of benzene rings is 4. The number of ether oxygens (including phenoxy) is 4. The maximum atomic E-state index is 14.3. The highest BCUT2D eigenvalue weighted by Crippen LogP contribution is 2.28. The average Bonchev–Trinajstić information content (AvgIpc) is 1.05. The van der Waals surface area contributed by atoms with Gasteiger partial charge in [0.1, 0.15) is 47.2 Å². The highest BCUT2D eigenvalue weighted by atomic mass is 16.5. The molecule has 498 valence electrons. The first kappa shape index (κ1) is 74.6. The number of allylic oxidation sites excluding steroid dienone is 1. The first-order chi connectivity index (χ1) is 44.1. The van der Waals surface area contributed by atoms with Gasteiger partial charge in [0.25, 0.3) is 23.6 Å². The van der Waals surface area contributed by atoms with Gasteiger partial charge in [-0.3, -0.25) is 43.2 Å². The van der Waals surface area contributed by atoms with E-state index in [1.807, 2.05) is 0 Å². The number of hydrogen-bond donors (Lipinski definition) is 14. The number of amides is 9. The van der Waals surface area contributed by atoms with Gasteiger partial charge in [0.2, 0.25) is 29.5 Å². The molecule has 28 nitrogen and oxygen atoms in total. The van der Waals surface area contributed by atoms with Crippen molar-refractivity contribution in [2.24, 2.45) is 28.7 Å². The van der Waals surface area contributed by atoms with E-state index in [-0.39, 0.29) is 118 Å². The van der Waals surface area contributed by atoms with Gasteiger partial charge in [-0.05, 0) is 196 Å². The van der Waals surface area contributed by atoms with Gasteiger partial charge < -0.3 is 95.3 Å². The zero-order valence-electron chi connectivity index (χ0n) is 52.8. The topological polar surface area (TPSA) is 454 Å². The normalized spacial score (nSPS) is 12.5. The molecule has 0 spiro atoms. The van der Waals surface area contributed by atoms with Crippen molar-refractivity contribution in [1.29, 1.82) is 0 Å². The molecular weight excluding hydrogens is 1190 g/mol. The van der Waals surface area contributed by atoms with E-state index in [0.717, 1.165) is 0 Å². The number of carbonyl (C=O) groups excluding carboxylic acids is 9. The van der Waals surface area contributed by atoms with Crippen molar-refractivity contribution >= 4 is 81.9 Å². The standard InChI is InChI=1S/C64H87N13O15/c1-7-38(64(87)88)32-37(2)56(79)74-47(16-8-12-28-65)60(83)71-40-21-25-52(90-4)44(34-40)58(81)76-49(18-10-14-30-67)62(85)73-42-23-27-54(92-6)46(36-42)59(82)77-50(19-11-15-31-68)63(86)72-41-22-26-53(91-5)45(35-41)57(80)75-48(17-9-13-29-66)61(84)70-39-20-24-51(89-3)43(33-39)55(69)78/h7,20-27,32-36,47-50H,8-19,28-31,65-68H2,1-6H3,(H2,69,78)(H,70,84)(H,71,83)(H,72,86)(H,73,85)(H,74,79)(H,75,80)(H,76,81)(H,77,82)(H,87,88)/b37-32+,38-7+/t47?,48-,49-,50-/m0/s1. The smallest absolute Gasteiger partial charge is 0.335 e. The Morgan fingerprint density at radius 3 is 0.957 bits per heavy atom. The van der Waals surface area contributed by atoms with Crippen LogP contribution in [0.15, 0.2) is 96.1 Å². The summed E-state index contributed by atoms with van der Waals surface area (Å²) in [5, 5.41) is 31.4. The maximum Gasteiger partial charge on any atom is 0.335 e. The number of carboxylic acid groups (broad SMARTS) is 1. The molecule has 0 radical (unpaired) electrons. The Morgan fingerprint density at radius 2 is 0.707 bits per heavy atom. The number of anilines is 4. The average molecular weight is 1280 g/mol. The second-order valence-electron chi connectivity index (χ2n) is 21.1. The Bertz CT molecular complexity index is 3320. The van der Waals surface area contributed by atoms with Crippen molar-refractivity contribution in [3.05, 3.63) is 118 Å². The zero-order valence-corrected chi connectivity index (χ0v) is 52.8. The molecule has 0 aliphatic carbocycles. The quantitative estimate of drug-likeness (QED) is 0.0171. The van der Waals surface area contributed by atoms with Crippen LogP contribution in [0.4, 0.5) is 22.7 Å². The fourth-order valence-corrected chi connectivity index (χ4v) is 9.38. The molecule has 19 N–H and O–H groups in total. The molecule has 0 saturated carbocycles. The number of hydrogen-bond acceptors (Lipinski definition) is 18. The summed E-state index contributed by atoms with van der Waals surface area (Å²) < 4.78 is 21.8. The van der Waals surface area contributed by atoms with Gasteiger partial charge >= 0.3 is 5.97 Å². The monoisotopic (exact) mass is 1280 g/mol. The van der Waals surface area contributed by atoms with Crippen molar-refractivity contribution in [2.75, 3.05) is 75.9 Å². The van der Waals surface area contributed by atoms with Gasteiger partial charge in [0, 0.05) is 28.3 Å². The summed E-state index contributed by atoms with van der Waals surface area (Å²) in [7, 11) is 5.36. The molecule has 0 aliphatic rings. The predicted molar refractivity (Wildman–Crippen MR) is 347 cm³/mol.